The highest BCUT2D eigenvalue weighted by Crippen LogP contribution is 2.05. The predicted octanol–water partition coefficient (Wildman–Crippen LogP) is 2.25. The fourth-order valence-corrected chi connectivity index (χ4v) is 1.89. The van der Waals surface area contributed by atoms with Gasteiger partial charge in [-0.1, -0.05) is 43.7 Å². The number of aryl methyl sites for hydroxylation is 1. The average Bonchev–Trinajstić information content (AvgIpc) is 2.38. The molecule has 3 N–H and O–H groups in total. The lowest BCUT2D eigenvalue weighted by atomic mass is 10.1. The van der Waals surface area contributed by atoms with E-state index in [4.69, 9.17) is 5.73 Å². The first-order valence-electron chi connectivity index (χ1n) is 6.73. The Balaban J connectivity index is 2.29. The molecule has 0 aliphatic rings. The van der Waals surface area contributed by atoms with Crippen molar-refractivity contribution in [3.63, 3.8) is 0 Å². The molecule has 2 unspecified atom stereocenters. The zero-order valence-electron chi connectivity index (χ0n) is 11.4. The molecule has 0 saturated heterocycles. The smallest absolute Gasteiger partial charge is 0.237 e. The summed E-state index contributed by atoms with van der Waals surface area (Å²) in [4.78, 5) is 11.7. The van der Waals surface area contributed by atoms with E-state index in [2.05, 4.69) is 17.4 Å². The maximum atomic E-state index is 11.7. The van der Waals surface area contributed by atoms with Crippen LogP contribution in [0.25, 0.3) is 0 Å². The van der Waals surface area contributed by atoms with Gasteiger partial charge in [0.25, 0.3) is 0 Å². The van der Waals surface area contributed by atoms with Crippen LogP contribution in [-0.2, 0) is 11.2 Å². The van der Waals surface area contributed by atoms with Crippen LogP contribution in [0.2, 0.25) is 0 Å². The molecule has 2 atom stereocenters. The Morgan fingerprint density at radius 3 is 2.56 bits per heavy atom. The van der Waals surface area contributed by atoms with E-state index in [-0.39, 0.29) is 18.0 Å². The number of amides is 1. The fraction of sp³-hybridized carbons (Fsp3) is 0.533. The highest BCUT2D eigenvalue weighted by molar-refractivity contribution is 5.81. The van der Waals surface area contributed by atoms with Crippen LogP contribution in [0.5, 0.6) is 0 Å². The molecule has 100 valence electrons. The summed E-state index contributed by atoms with van der Waals surface area (Å²) in [6, 6.07) is 10.1. The molecule has 18 heavy (non-hydrogen) atoms. The number of rotatable bonds is 7. The second-order valence-electron chi connectivity index (χ2n) is 4.83. The molecule has 0 heterocycles. The monoisotopic (exact) mass is 248 g/mol. The van der Waals surface area contributed by atoms with E-state index in [0.29, 0.717) is 0 Å². The third-order valence-corrected chi connectivity index (χ3v) is 3.03. The van der Waals surface area contributed by atoms with Gasteiger partial charge in [-0.3, -0.25) is 4.79 Å². The Labute approximate surface area is 110 Å². The Morgan fingerprint density at radius 2 is 1.94 bits per heavy atom. The number of carbonyl (C=O) groups is 1. The molecular weight excluding hydrogens is 224 g/mol. The second kappa shape index (κ2) is 7.88. The van der Waals surface area contributed by atoms with Crippen LogP contribution in [0, 0.1) is 0 Å². The van der Waals surface area contributed by atoms with Gasteiger partial charge in [0.1, 0.15) is 0 Å². The third-order valence-electron chi connectivity index (χ3n) is 3.03. The van der Waals surface area contributed by atoms with Gasteiger partial charge in [-0.15, -0.1) is 0 Å². The van der Waals surface area contributed by atoms with Gasteiger partial charge in [0.15, 0.2) is 0 Å². The maximum absolute atomic E-state index is 11.7. The number of nitrogens with one attached hydrogen (secondary N) is 1. The molecule has 3 heteroatoms. The van der Waals surface area contributed by atoms with Gasteiger partial charge in [0.05, 0.1) is 6.04 Å². The largest absolute Gasteiger partial charge is 0.352 e. The number of carbonyl (C=O) groups excluding carboxylic acids is 1. The van der Waals surface area contributed by atoms with Crippen molar-refractivity contribution in [1.29, 1.82) is 0 Å². The maximum Gasteiger partial charge on any atom is 0.237 e. The molecule has 0 aliphatic heterocycles. The quantitative estimate of drug-likeness (QED) is 0.777. The lowest BCUT2D eigenvalue weighted by molar-refractivity contribution is -0.123. The molecule has 3 nitrogen and oxygen atoms in total. The van der Waals surface area contributed by atoms with Crippen molar-refractivity contribution < 1.29 is 4.79 Å². The number of hydrogen-bond acceptors (Lipinski definition) is 2. The Bertz CT molecular complexity index is 351. The van der Waals surface area contributed by atoms with Crippen molar-refractivity contribution in [2.75, 3.05) is 0 Å². The zero-order chi connectivity index (χ0) is 13.4. The molecule has 0 spiro atoms. The van der Waals surface area contributed by atoms with Crippen molar-refractivity contribution >= 4 is 5.91 Å². The molecule has 0 fully saturated rings. The number of hydrogen-bond donors (Lipinski definition) is 2. The first-order chi connectivity index (χ1) is 8.63. The van der Waals surface area contributed by atoms with E-state index in [1.165, 1.54) is 5.56 Å². The van der Waals surface area contributed by atoms with Crippen molar-refractivity contribution in [1.82, 2.24) is 5.32 Å². The summed E-state index contributed by atoms with van der Waals surface area (Å²) < 4.78 is 0. The van der Waals surface area contributed by atoms with E-state index in [0.717, 1.165) is 25.7 Å². The first-order valence-corrected chi connectivity index (χ1v) is 6.73. The van der Waals surface area contributed by atoms with Crippen LogP contribution in [-0.4, -0.2) is 18.0 Å². The molecular formula is C15H24N2O. The summed E-state index contributed by atoms with van der Waals surface area (Å²) in [6.45, 7) is 4.06. The van der Waals surface area contributed by atoms with E-state index in [1.54, 1.807) is 0 Å². The topological polar surface area (TPSA) is 55.1 Å². The highest BCUT2D eigenvalue weighted by atomic mass is 16.2. The van der Waals surface area contributed by atoms with Gasteiger partial charge in [-0.25, -0.2) is 0 Å². The molecule has 0 aromatic heterocycles. The summed E-state index contributed by atoms with van der Waals surface area (Å²) in [5.41, 5.74) is 7.07. The summed E-state index contributed by atoms with van der Waals surface area (Å²) in [6.07, 6.45) is 3.60. The third kappa shape index (κ3) is 5.32. The van der Waals surface area contributed by atoms with Crippen LogP contribution >= 0.6 is 0 Å². The molecule has 1 aromatic carbocycles. The van der Waals surface area contributed by atoms with E-state index < -0.39 is 0 Å². The number of benzene rings is 1. The molecule has 1 aromatic rings. The minimum atomic E-state index is -0.367. The van der Waals surface area contributed by atoms with Crippen LogP contribution in [0.15, 0.2) is 30.3 Å². The van der Waals surface area contributed by atoms with Gasteiger partial charge >= 0.3 is 0 Å². The SMILES string of the molecule is CCCC(N)C(=O)NC(C)CCc1ccccc1. The fourth-order valence-electron chi connectivity index (χ4n) is 1.89. The standard InChI is InChI=1S/C15H24N2O/c1-3-7-14(16)15(18)17-12(2)10-11-13-8-5-4-6-9-13/h4-6,8-9,12,14H,3,7,10-11,16H2,1-2H3,(H,17,18). The van der Waals surface area contributed by atoms with Gasteiger partial charge < -0.3 is 11.1 Å². The molecule has 0 aliphatic carbocycles. The molecule has 1 amide bonds. The normalized spacial score (nSPS) is 13.9. The highest BCUT2D eigenvalue weighted by Gasteiger charge is 2.14. The zero-order valence-corrected chi connectivity index (χ0v) is 11.4. The Kier molecular flexibility index (Phi) is 6.44. The van der Waals surface area contributed by atoms with Crippen molar-refractivity contribution in [3.05, 3.63) is 35.9 Å². The van der Waals surface area contributed by atoms with E-state index >= 15 is 0 Å². The summed E-state index contributed by atoms with van der Waals surface area (Å²) in [5.74, 6) is -0.0302. The molecule has 0 saturated carbocycles. The second-order valence-corrected chi connectivity index (χ2v) is 4.83. The van der Waals surface area contributed by atoms with Crippen molar-refractivity contribution in [2.45, 2.75) is 51.6 Å². The average molecular weight is 248 g/mol. The van der Waals surface area contributed by atoms with Gasteiger partial charge in [0, 0.05) is 6.04 Å². The van der Waals surface area contributed by atoms with Crippen LogP contribution in [0.3, 0.4) is 0 Å². The van der Waals surface area contributed by atoms with Crippen LogP contribution in [0.1, 0.15) is 38.7 Å². The predicted molar refractivity (Wildman–Crippen MR) is 75.3 cm³/mol. The summed E-state index contributed by atoms with van der Waals surface area (Å²) in [7, 11) is 0. The van der Waals surface area contributed by atoms with Crippen molar-refractivity contribution in [3.8, 4) is 0 Å². The van der Waals surface area contributed by atoms with Crippen molar-refractivity contribution in [2.24, 2.45) is 5.73 Å². The lowest BCUT2D eigenvalue weighted by Gasteiger charge is -2.17. The molecule has 0 radical (unpaired) electrons. The van der Waals surface area contributed by atoms with Crippen LogP contribution in [0.4, 0.5) is 0 Å². The summed E-state index contributed by atoms with van der Waals surface area (Å²) in [5, 5.41) is 2.97. The Hall–Kier alpha value is -1.35. The van der Waals surface area contributed by atoms with E-state index in [9.17, 15) is 4.79 Å². The van der Waals surface area contributed by atoms with Gasteiger partial charge in [0.2, 0.25) is 5.91 Å². The lowest BCUT2D eigenvalue weighted by Crippen LogP contribution is -2.44. The minimum Gasteiger partial charge on any atom is -0.352 e. The summed E-state index contributed by atoms with van der Waals surface area (Å²) >= 11 is 0. The first kappa shape index (κ1) is 14.7. The van der Waals surface area contributed by atoms with Gasteiger partial charge in [-0.05, 0) is 31.7 Å². The molecule has 1 rings (SSSR count). The molecule has 0 bridgehead atoms. The minimum absolute atomic E-state index is 0.0302. The van der Waals surface area contributed by atoms with Crippen LogP contribution < -0.4 is 11.1 Å². The number of nitrogens with two attached hydrogens (primary N) is 1. The Morgan fingerprint density at radius 1 is 1.28 bits per heavy atom. The van der Waals surface area contributed by atoms with Gasteiger partial charge in [-0.2, -0.15) is 0 Å². The van der Waals surface area contributed by atoms with E-state index in [1.807, 2.05) is 32.0 Å².